The molecule has 3 aromatic rings. The van der Waals surface area contributed by atoms with Gasteiger partial charge in [-0.25, -0.2) is 22.5 Å². The number of aromatic nitrogens is 2. The third-order valence-corrected chi connectivity index (χ3v) is 5.12. The standard InChI is InChI=1S/C15H13ClFN3O2S/c1-10-6-12(17)3-4-14(10)23(21,22)18-7-13-9-20-8-11(16)2-5-15(20)19-13/h2-6,8-9,18H,7H2,1H3. The van der Waals surface area contributed by atoms with Crippen LogP contribution in [0.25, 0.3) is 5.65 Å². The van der Waals surface area contributed by atoms with Gasteiger partial charge >= 0.3 is 0 Å². The lowest BCUT2D eigenvalue weighted by Crippen LogP contribution is -2.24. The van der Waals surface area contributed by atoms with Gasteiger partial charge in [-0.15, -0.1) is 0 Å². The van der Waals surface area contributed by atoms with Gasteiger partial charge in [0.15, 0.2) is 0 Å². The summed E-state index contributed by atoms with van der Waals surface area (Å²) in [5, 5.41) is 0.559. The number of aryl methyl sites for hydroxylation is 1. The highest BCUT2D eigenvalue weighted by atomic mass is 35.5. The number of rotatable bonds is 4. The molecule has 0 unspecified atom stereocenters. The Morgan fingerprint density at radius 1 is 1.26 bits per heavy atom. The third-order valence-electron chi connectivity index (χ3n) is 3.33. The number of hydrogen-bond acceptors (Lipinski definition) is 3. The highest BCUT2D eigenvalue weighted by Gasteiger charge is 2.17. The van der Waals surface area contributed by atoms with E-state index in [1.54, 1.807) is 35.9 Å². The van der Waals surface area contributed by atoms with Crippen molar-refractivity contribution < 1.29 is 12.8 Å². The first-order valence-electron chi connectivity index (χ1n) is 6.74. The molecule has 0 saturated carbocycles. The number of imidazole rings is 1. The van der Waals surface area contributed by atoms with Crippen LogP contribution < -0.4 is 4.72 Å². The van der Waals surface area contributed by atoms with E-state index in [0.29, 0.717) is 21.9 Å². The van der Waals surface area contributed by atoms with Gasteiger partial charge in [0.05, 0.1) is 22.2 Å². The van der Waals surface area contributed by atoms with Gasteiger partial charge < -0.3 is 4.40 Å². The monoisotopic (exact) mass is 353 g/mol. The second-order valence-electron chi connectivity index (χ2n) is 5.08. The molecule has 0 saturated heterocycles. The molecule has 3 rings (SSSR count). The Bertz CT molecular complexity index is 986. The van der Waals surface area contributed by atoms with E-state index in [9.17, 15) is 12.8 Å². The summed E-state index contributed by atoms with van der Waals surface area (Å²) in [5.41, 5.74) is 1.57. The Hall–Kier alpha value is -1.96. The van der Waals surface area contributed by atoms with Gasteiger partial charge in [-0.1, -0.05) is 11.6 Å². The minimum absolute atomic E-state index is 0.0262. The molecule has 5 nitrogen and oxygen atoms in total. The van der Waals surface area contributed by atoms with E-state index in [0.717, 1.165) is 6.07 Å². The van der Waals surface area contributed by atoms with Crippen molar-refractivity contribution in [1.29, 1.82) is 0 Å². The van der Waals surface area contributed by atoms with Crippen molar-refractivity contribution in [3.8, 4) is 0 Å². The van der Waals surface area contributed by atoms with Crippen molar-refractivity contribution >= 4 is 27.3 Å². The zero-order valence-corrected chi connectivity index (χ0v) is 13.7. The molecule has 0 aliphatic heterocycles. The minimum atomic E-state index is -3.74. The van der Waals surface area contributed by atoms with Crippen molar-refractivity contribution in [3.63, 3.8) is 0 Å². The molecular formula is C15H13ClFN3O2S. The lowest BCUT2D eigenvalue weighted by atomic mass is 10.2. The van der Waals surface area contributed by atoms with Crippen molar-refractivity contribution in [2.45, 2.75) is 18.4 Å². The number of nitrogens with zero attached hydrogens (tertiary/aromatic N) is 2. The number of nitrogens with one attached hydrogen (secondary N) is 1. The number of pyridine rings is 1. The van der Waals surface area contributed by atoms with Gasteiger partial charge in [0, 0.05) is 12.4 Å². The Kier molecular flexibility index (Phi) is 4.09. The maximum atomic E-state index is 13.1. The van der Waals surface area contributed by atoms with E-state index < -0.39 is 15.8 Å². The van der Waals surface area contributed by atoms with Crippen LogP contribution in [0.4, 0.5) is 4.39 Å². The normalized spacial score (nSPS) is 12.0. The van der Waals surface area contributed by atoms with Crippen LogP contribution in [0.2, 0.25) is 5.02 Å². The van der Waals surface area contributed by atoms with Gasteiger partial charge in [-0.2, -0.15) is 0 Å². The first kappa shape index (κ1) is 15.9. The van der Waals surface area contributed by atoms with E-state index in [1.165, 1.54) is 12.1 Å². The SMILES string of the molecule is Cc1cc(F)ccc1S(=O)(=O)NCc1cn2cc(Cl)ccc2n1. The third kappa shape index (κ3) is 3.36. The molecule has 0 atom stereocenters. The van der Waals surface area contributed by atoms with Crippen molar-refractivity contribution in [1.82, 2.24) is 14.1 Å². The molecule has 0 spiro atoms. The fraction of sp³-hybridized carbons (Fsp3) is 0.133. The van der Waals surface area contributed by atoms with Crippen LogP contribution in [0.15, 0.2) is 47.6 Å². The molecule has 23 heavy (non-hydrogen) atoms. The molecule has 1 aromatic carbocycles. The van der Waals surface area contributed by atoms with E-state index in [4.69, 9.17) is 11.6 Å². The summed E-state index contributed by atoms with van der Waals surface area (Å²) < 4.78 is 41.9. The number of fused-ring (bicyclic) bond motifs is 1. The zero-order chi connectivity index (χ0) is 16.6. The summed E-state index contributed by atoms with van der Waals surface area (Å²) in [6.45, 7) is 1.57. The smallest absolute Gasteiger partial charge is 0.241 e. The summed E-state index contributed by atoms with van der Waals surface area (Å²) in [6, 6.07) is 7.00. The molecule has 0 radical (unpaired) electrons. The van der Waals surface area contributed by atoms with Gasteiger partial charge in [0.25, 0.3) is 0 Å². The highest BCUT2D eigenvalue weighted by Crippen LogP contribution is 2.17. The molecule has 2 aromatic heterocycles. The van der Waals surface area contributed by atoms with E-state index in [2.05, 4.69) is 9.71 Å². The average Bonchev–Trinajstić information content (AvgIpc) is 2.87. The summed E-state index contributed by atoms with van der Waals surface area (Å²) >= 11 is 5.90. The summed E-state index contributed by atoms with van der Waals surface area (Å²) in [4.78, 5) is 4.35. The second-order valence-corrected chi connectivity index (χ2v) is 7.25. The van der Waals surface area contributed by atoms with Crippen molar-refractivity contribution in [3.05, 3.63) is 64.8 Å². The Morgan fingerprint density at radius 3 is 2.78 bits per heavy atom. The molecule has 0 amide bonds. The van der Waals surface area contributed by atoms with Gasteiger partial charge in [-0.05, 0) is 42.8 Å². The minimum Gasteiger partial charge on any atom is -0.305 e. The number of halogens is 2. The van der Waals surface area contributed by atoms with Crippen molar-refractivity contribution in [2.24, 2.45) is 0 Å². The maximum Gasteiger partial charge on any atom is 0.241 e. The molecule has 1 N–H and O–H groups in total. The molecular weight excluding hydrogens is 341 g/mol. The fourth-order valence-corrected chi connectivity index (χ4v) is 3.65. The molecule has 0 fully saturated rings. The maximum absolute atomic E-state index is 13.1. The second kappa shape index (κ2) is 5.92. The quantitative estimate of drug-likeness (QED) is 0.784. The predicted molar refractivity (Wildman–Crippen MR) is 85.4 cm³/mol. The van der Waals surface area contributed by atoms with Crippen LogP contribution in [0, 0.1) is 12.7 Å². The Morgan fingerprint density at radius 2 is 2.04 bits per heavy atom. The van der Waals surface area contributed by atoms with E-state index in [1.807, 2.05) is 0 Å². The van der Waals surface area contributed by atoms with Crippen LogP contribution in [0.1, 0.15) is 11.3 Å². The number of benzene rings is 1. The molecule has 2 heterocycles. The first-order valence-corrected chi connectivity index (χ1v) is 8.60. The van der Waals surface area contributed by atoms with Crippen LogP contribution in [-0.2, 0) is 16.6 Å². The van der Waals surface area contributed by atoms with Crippen LogP contribution >= 0.6 is 11.6 Å². The Labute approximate surface area is 137 Å². The molecule has 8 heteroatoms. The van der Waals surface area contributed by atoms with Crippen LogP contribution in [-0.4, -0.2) is 17.8 Å². The van der Waals surface area contributed by atoms with E-state index >= 15 is 0 Å². The van der Waals surface area contributed by atoms with Gasteiger partial charge in [0.1, 0.15) is 11.5 Å². The summed E-state index contributed by atoms with van der Waals surface area (Å²) in [7, 11) is -3.74. The topological polar surface area (TPSA) is 63.5 Å². The molecule has 0 aliphatic rings. The summed E-state index contributed by atoms with van der Waals surface area (Å²) in [6.07, 6.45) is 3.38. The fourth-order valence-electron chi connectivity index (χ4n) is 2.26. The predicted octanol–water partition coefficient (Wildman–Crippen LogP) is 2.91. The van der Waals surface area contributed by atoms with Crippen LogP contribution in [0.5, 0.6) is 0 Å². The van der Waals surface area contributed by atoms with Crippen molar-refractivity contribution in [2.75, 3.05) is 0 Å². The van der Waals surface area contributed by atoms with Gasteiger partial charge in [0.2, 0.25) is 10.0 Å². The zero-order valence-electron chi connectivity index (χ0n) is 12.1. The lowest BCUT2D eigenvalue weighted by Gasteiger charge is -2.08. The largest absolute Gasteiger partial charge is 0.305 e. The number of hydrogen-bond donors (Lipinski definition) is 1. The summed E-state index contributed by atoms with van der Waals surface area (Å²) in [5.74, 6) is -0.473. The van der Waals surface area contributed by atoms with E-state index in [-0.39, 0.29) is 11.4 Å². The highest BCUT2D eigenvalue weighted by molar-refractivity contribution is 7.89. The first-order chi connectivity index (χ1) is 10.8. The molecule has 120 valence electrons. The molecule has 0 aliphatic carbocycles. The van der Waals surface area contributed by atoms with Gasteiger partial charge in [-0.3, -0.25) is 0 Å². The average molecular weight is 354 g/mol. The molecule has 0 bridgehead atoms. The lowest BCUT2D eigenvalue weighted by molar-refractivity contribution is 0.579. The Balaban J connectivity index is 1.82. The number of sulfonamides is 1. The van der Waals surface area contributed by atoms with Crippen LogP contribution in [0.3, 0.4) is 0 Å².